The topological polar surface area (TPSA) is 58.4 Å². The molecule has 0 N–H and O–H groups in total. The fourth-order valence-electron chi connectivity index (χ4n) is 2.37. The van der Waals surface area contributed by atoms with Crippen LogP contribution < -0.4 is 0 Å². The van der Waals surface area contributed by atoms with E-state index in [9.17, 15) is 9.59 Å². The highest BCUT2D eigenvalue weighted by Gasteiger charge is 2.28. The summed E-state index contributed by atoms with van der Waals surface area (Å²) in [4.78, 5) is 24.3. The summed E-state index contributed by atoms with van der Waals surface area (Å²) >= 11 is 6.13. The van der Waals surface area contributed by atoms with Crippen LogP contribution in [0.1, 0.15) is 24.6 Å². The molecule has 7 heteroatoms. The lowest BCUT2D eigenvalue weighted by Gasteiger charge is -2.25. The highest BCUT2D eigenvalue weighted by atomic mass is 35.5. The Hall–Kier alpha value is -2.08. The zero-order chi connectivity index (χ0) is 16.3. The summed E-state index contributed by atoms with van der Waals surface area (Å²) in [5.74, 6) is -0.424. The zero-order valence-electron chi connectivity index (χ0n) is 12.9. The van der Waals surface area contributed by atoms with Crippen LogP contribution in [0.3, 0.4) is 0 Å². The fourth-order valence-corrected chi connectivity index (χ4v) is 2.61. The lowest BCUT2D eigenvalue weighted by Crippen LogP contribution is -2.43. The van der Waals surface area contributed by atoms with E-state index in [1.807, 2.05) is 6.92 Å². The molecule has 0 atom stereocenters. The summed E-state index contributed by atoms with van der Waals surface area (Å²) in [6.45, 7) is 4.68. The van der Waals surface area contributed by atoms with Gasteiger partial charge in [-0.05, 0) is 26.3 Å². The van der Waals surface area contributed by atoms with Crippen molar-refractivity contribution in [1.29, 1.82) is 0 Å². The maximum absolute atomic E-state index is 12.3. The second-order valence-electron chi connectivity index (χ2n) is 5.02. The molecule has 22 heavy (non-hydrogen) atoms. The van der Waals surface area contributed by atoms with Crippen molar-refractivity contribution in [3.8, 4) is 0 Å². The molecule has 1 aliphatic heterocycles. The maximum Gasteiger partial charge on any atom is 0.265 e. The number of hydrogen-bond donors (Lipinski definition) is 0. The summed E-state index contributed by atoms with van der Waals surface area (Å²) in [5.41, 5.74) is 1.46. The van der Waals surface area contributed by atoms with Gasteiger partial charge in [0.15, 0.2) is 0 Å². The molecule has 1 aliphatic rings. The fraction of sp³-hybridized carbons (Fsp3) is 0.400. The van der Waals surface area contributed by atoms with Gasteiger partial charge in [0.25, 0.3) is 11.8 Å². The van der Waals surface area contributed by atoms with E-state index in [-0.39, 0.29) is 11.8 Å². The molecule has 0 unspecified atom stereocenters. The van der Waals surface area contributed by atoms with Gasteiger partial charge in [0, 0.05) is 37.9 Å². The van der Waals surface area contributed by atoms with E-state index in [1.165, 1.54) is 22.2 Å². The van der Waals surface area contributed by atoms with Gasteiger partial charge in [0.1, 0.15) is 5.15 Å². The Morgan fingerprint density at radius 3 is 2.27 bits per heavy atom. The molecule has 1 fully saturated rings. The van der Waals surface area contributed by atoms with Crippen LogP contribution in [0, 0.1) is 6.92 Å². The van der Waals surface area contributed by atoms with Crippen molar-refractivity contribution in [2.45, 2.75) is 20.3 Å². The average molecular weight is 323 g/mol. The van der Waals surface area contributed by atoms with Crippen LogP contribution >= 0.6 is 11.6 Å². The summed E-state index contributed by atoms with van der Waals surface area (Å²) in [7, 11) is 1.74. The molecule has 1 aromatic heterocycles. The van der Waals surface area contributed by atoms with E-state index in [4.69, 9.17) is 11.6 Å². The number of aromatic nitrogens is 2. The molecule has 0 spiro atoms. The van der Waals surface area contributed by atoms with Gasteiger partial charge in [-0.25, -0.2) is 10.0 Å². The molecule has 1 saturated heterocycles. The first-order chi connectivity index (χ1) is 10.5. The van der Waals surface area contributed by atoms with Crippen molar-refractivity contribution in [2.75, 3.05) is 13.1 Å². The molecule has 1 aromatic rings. The largest absolute Gasteiger partial charge is 0.268 e. The molecule has 2 amide bonds. The number of carbonyl (C=O) groups excluding carboxylic acids is 2. The van der Waals surface area contributed by atoms with Crippen molar-refractivity contribution < 1.29 is 9.59 Å². The van der Waals surface area contributed by atoms with E-state index >= 15 is 0 Å². The predicted molar refractivity (Wildman–Crippen MR) is 84.8 cm³/mol. The number of carbonyl (C=O) groups is 2. The first-order valence-electron chi connectivity index (χ1n) is 7.08. The van der Waals surface area contributed by atoms with Gasteiger partial charge in [-0.1, -0.05) is 17.7 Å². The van der Waals surface area contributed by atoms with Gasteiger partial charge in [0.2, 0.25) is 0 Å². The Kier molecular flexibility index (Phi) is 5.03. The third-order valence-electron chi connectivity index (χ3n) is 3.44. The average Bonchev–Trinajstić information content (AvgIpc) is 3.04. The van der Waals surface area contributed by atoms with Crippen LogP contribution in [-0.4, -0.2) is 44.7 Å². The normalized spacial score (nSPS) is 15.5. The Balaban J connectivity index is 2.14. The van der Waals surface area contributed by atoms with Gasteiger partial charge in [0.05, 0.1) is 5.69 Å². The number of nitrogens with zero attached hydrogens (tertiary/aromatic N) is 4. The number of hydrazine groups is 1. The van der Waals surface area contributed by atoms with E-state index < -0.39 is 0 Å². The van der Waals surface area contributed by atoms with Crippen LogP contribution in [0.15, 0.2) is 18.2 Å². The number of allylic oxidation sites excluding steroid dienone is 1. The van der Waals surface area contributed by atoms with Gasteiger partial charge >= 0.3 is 0 Å². The van der Waals surface area contributed by atoms with Crippen LogP contribution in [0.2, 0.25) is 5.15 Å². The third-order valence-corrected chi connectivity index (χ3v) is 3.89. The van der Waals surface area contributed by atoms with E-state index in [0.29, 0.717) is 23.8 Å². The summed E-state index contributed by atoms with van der Waals surface area (Å²) in [6, 6.07) is 0. The van der Waals surface area contributed by atoms with Gasteiger partial charge in [-0.3, -0.25) is 14.3 Å². The second-order valence-corrected chi connectivity index (χ2v) is 5.38. The standard InChI is InChI=1S/C15H19ClN4O2/c1-4-6-13(21)19-9-5-10-20(19)14(22)8-7-12-11(2)17-18(3)15(12)16/h4,6-8H,5,9-10H2,1-3H3. The van der Waals surface area contributed by atoms with E-state index in [0.717, 1.165) is 12.1 Å². The molecule has 0 aliphatic carbocycles. The number of hydrogen-bond acceptors (Lipinski definition) is 3. The smallest absolute Gasteiger partial charge is 0.265 e. The molecule has 6 nitrogen and oxygen atoms in total. The molecule has 0 aromatic carbocycles. The van der Waals surface area contributed by atoms with Crippen LogP contribution in [0.25, 0.3) is 6.08 Å². The SMILES string of the molecule is CC=CC(=O)N1CCCN1C(=O)C=Cc1c(C)nn(C)c1Cl. The minimum Gasteiger partial charge on any atom is -0.268 e. The number of rotatable bonds is 3. The van der Waals surface area contributed by atoms with E-state index in [1.54, 1.807) is 30.8 Å². The molecule has 2 heterocycles. The number of aryl methyl sites for hydroxylation is 2. The van der Waals surface area contributed by atoms with Crippen molar-refractivity contribution >= 4 is 29.5 Å². The van der Waals surface area contributed by atoms with Gasteiger partial charge in [-0.15, -0.1) is 0 Å². The summed E-state index contributed by atoms with van der Waals surface area (Å²) in [6.07, 6.45) is 6.96. The summed E-state index contributed by atoms with van der Waals surface area (Å²) in [5, 5.41) is 7.58. The second kappa shape index (κ2) is 6.79. The van der Waals surface area contributed by atoms with Crippen LogP contribution in [0.5, 0.6) is 0 Å². The van der Waals surface area contributed by atoms with Crippen LogP contribution in [0.4, 0.5) is 0 Å². The maximum atomic E-state index is 12.3. The monoisotopic (exact) mass is 322 g/mol. The van der Waals surface area contributed by atoms with Crippen LogP contribution in [-0.2, 0) is 16.6 Å². The van der Waals surface area contributed by atoms with Crippen molar-refractivity contribution in [1.82, 2.24) is 19.8 Å². The Labute approximate surface area is 134 Å². The first kappa shape index (κ1) is 16.3. The quantitative estimate of drug-likeness (QED) is 0.799. The summed E-state index contributed by atoms with van der Waals surface area (Å²) < 4.78 is 1.55. The predicted octanol–water partition coefficient (Wildman–Crippen LogP) is 1.95. The third kappa shape index (κ3) is 3.22. The highest BCUT2D eigenvalue weighted by molar-refractivity contribution is 6.31. The number of amides is 2. The molecular weight excluding hydrogens is 304 g/mol. The minimum atomic E-state index is -0.241. The minimum absolute atomic E-state index is 0.183. The van der Waals surface area contributed by atoms with Crippen molar-refractivity contribution in [3.63, 3.8) is 0 Å². The Morgan fingerprint density at radius 1 is 1.18 bits per heavy atom. The molecular formula is C15H19ClN4O2. The molecule has 0 saturated carbocycles. The molecule has 0 radical (unpaired) electrons. The molecule has 118 valence electrons. The van der Waals surface area contributed by atoms with Gasteiger partial charge in [-0.2, -0.15) is 5.10 Å². The van der Waals surface area contributed by atoms with Crippen molar-refractivity contribution in [3.05, 3.63) is 34.6 Å². The lowest BCUT2D eigenvalue weighted by atomic mass is 10.2. The Bertz CT molecular complexity index is 648. The van der Waals surface area contributed by atoms with Gasteiger partial charge < -0.3 is 0 Å². The first-order valence-corrected chi connectivity index (χ1v) is 7.46. The molecule has 2 rings (SSSR count). The molecule has 0 bridgehead atoms. The van der Waals surface area contributed by atoms with Crippen molar-refractivity contribution in [2.24, 2.45) is 7.05 Å². The zero-order valence-corrected chi connectivity index (χ0v) is 13.7. The lowest BCUT2D eigenvalue weighted by molar-refractivity contribution is -0.151. The van der Waals surface area contributed by atoms with E-state index in [2.05, 4.69) is 5.10 Å². The number of halogens is 1. The Morgan fingerprint density at radius 2 is 1.77 bits per heavy atom. The highest BCUT2D eigenvalue weighted by Crippen LogP contribution is 2.20.